The molecule has 5 rings (SSSR count). The van der Waals surface area contributed by atoms with Gasteiger partial charge >= 0.3 is 0 Å². The van der Waals surface area contributed by atoms with E-state index in [1.165, 1.54) is 28.9 Å². The van der Waals surface area contributed by atoms with E-state index < -0.39 is 0 Å². The van der Waals surface area contributed by atoms with Crippen LogP contribution in [0.2, 0.25) is 0 Å². The number of nitrogens with zero attached hydrogens (tertiary/aromatic N) is 1. The van der Waals surface area contributed by atoms with Gasteiger partial charge in [-0.1, -0.05) is 41.5 Å². The van der Waals surface area contributed by atoms with E-state index in [1.807, 2.05) is 30.3 Å². The van der Waals surface area contributed by atoms with Gasteiger partial charge in [0.25, 0.3) is 0 Å². The number of para-hydroxylation sites is 1. The Hall–Kier alpha value is -2.16. The van der Waals surface area contributed by atoms with Crippen LogP contribution in [0.5, 0.6) is 0 Å². The summed E-state index contributed by atoms with van der Waals surface area (Å²) in [4.78, 5) is 27.4. The SMILES string of the molecule is O=C1[C@@H]2[C@H](C(=O)N1c1ccccc1)[C@@H]1C=C[C@H]2C1=C1CCCC1. The zero-order valence-electron chi connectivity index (χ0n) is 12.9. The quantitative estimate of drug-likeness (QED) is 0.588. The molecule has 3 fully saturated rings. The summed E-state index contributed by atoms with van der Waals surface area (Å²) in [5, 5.41) is 0. The summed E-state index contributed by atoms with van der Waals surface area (Å²) in [6.07, 6.45) is 9.21. The fourth-order valence-electron chi connectivity index (χ4n) is 5.16. The van der Waals surface area contributed by atoms with E-state index in [-0.39, 0.29) is 35.5 Å². The standard InChI is InChI=1S/C20H19NO2/c22-19-17-14-10-11-15(16(14)12-6-4-5-7-12)18(17)20(23)21(19)13-8-2-1-3-9-13/h1-3,8-11,14-15,17-18H,4-7H2/t14-,15+,17-,18+. The number of fused-ring (bicyclic) bond motifs is 5. The molecule has 1 aromatic rings. The molecule has 1 heterocycles. The summed E-state index contributed by atoms with van der Waals surface area (Å²) in [7, 11) is 0. The Kier molecular flexibility index (Phi) is 2.70. The molecule has 0 N–H and O–H groups in total. The number of carbonyl (C=O) groups excluding carboxylic acids is 2. The molecule has 3 aliphatic carbocycles. The minimum atomic E-state index is -0.166. The number of benzene rings is 1. The van der Waals surface area contributed by atoms with Gasteiger partial charge in [-0.15, -0.1) is 0 Å². The number of carbonyl (C=O) groups is 2. The highest BCUT2D eigenvalue weighted by Crippen LogP contribution is 2.58. The van der Waals surface area contributed by atoms with E-state index in [9.17, 15) is 9.59 Å². The second kappa shape index (κ2) is 4.67. The lowest BCUT2D eigenvalue weighted by atomic mass is 9.85. The summed E-state index contributed by atoms with van der Waals surface area (Å²) in [6, 6.07) is 9.36. The lowest BCUT2D eigenvalue weighted by molar-refractivity contribution is -0.122. The summed E-state index contributed by atoms with van der Waals surface area (Å²) in [6.45, 7) is 0. The van der Waals surface area contributed by atoms with Crippen molar-refractivity contribution in [3.05, 3.63) is 53.6 Å². The molecule has 2 saturated carbocycles. The van der Waals surface area contributed by atoms with Crippen molar-refractivity contribution in [2.24, 2.45) is 23.7 Å². The number of imide groups is 1. The normalized spacial score (nSPS) is 34.9. The monoisotopic (exact) mass is 305 g/mol. The Balaban J connectivity index is 1.57. The van der Waals surface area contributed by atoms with Crippen molar-refractivity contribution in [3.8, 4) is 0 Å². The van der Waals surface area contributed by atoms with Gasteiger partial charge in [0.15, 0.2) is 0 Å². The van der Waals surface area contributed by atoms with Gasteiger partial charge < -0.3 is 0 Å². The molecule has 1 aliphatic heterocycles. The maximum absolute atomic E-state index is 13.0. The van der Waals surface area contributed by atoms with Crippen LogP contribution in [0.15, 0.2) is 53.6 Å². The van der Waals surface area contributed by atoms with Gasteiger partial charge in [-0.2, -0.15) is 0 Å². The third kappa shape index (κ3) is 1.65. The van der Waals surface area contributed by atoms with Crippen molar-refractivity contribution in [1.29, 1.82) is 0 Å². The zero-order valence-corrected chi connectivity index (χ0v) is 12.9. The van der Waals surface area contributed by atoms with Crippen molar-refractivity contribution < 1.29 is 9.59 Å². The van der Waals surface area contributed by atoms with Crippen molar-refractivity contribution in [2.45, 2.75) is 25.7 Å². The minimum Gasteiger partial charge on any atom is -0.274 e. The summed E-state index contributed by atoms with van der Waals surface area (Å²) < 4.78 is 0. The fourth-order valence-corrected chi connectivity index (χ4v) is 5.16. The van der Waals surface area contributed by atoms with Crippen LogP contribution in [-0.4, -0.2) is 11.8 Å². The predicted molar refractivity (Wildman–Crippen MR) is 87.5 cm³/mol. The van der Waals surface area contributed by atoms with E-state index in [0.717, 1.165) is 12.8 Å². The number of allylic oxidation sites excluding steroid dienone is 4. The molecule has 2 amide bonds. The largest absolute Gasteiger partial charge is 0.274 e. The lowest BCUT2D eigenvalue weighted by Crippen LogP contribution is -2.33. The molecule has 1 saturated heterocycles. The molecular formula is C20H19NO2. The number of rotatable bonds is 1. The summed E-state index contributed by atoms with van der Waals surface area (Å²) >= 11 is 0. The second-order valence-corrected chi connectivity index (χ2v) is 7.10. The maximum Gasteiger partial charge on any atom is 0.238 e. The van der Waals surface area contributed by atoms with Crippen molar-refractivity contribution >= 4 is 17.5 Å². The van der Waals surface area contributed by atoms with Crippen molar-refractivity contribution in [2.75, 3.05) is 4.90 Å². The van der Waals surface area contributed by atoms with Crippen LogP contribution in [-0.2, 0) is 9.59 Å². The molecule has 0 aromatic heterocycles. The Morgan fingerprint density at radius 1 is 0.826 bits per heavy atom. The Morgan fingerprint density at radius 2 is 1.39 bits per heavy atom. The maximum atomic E-state index is 13.0. The van der Waals surface area contributed by atoms with Gasteiger partial charge in [-0.25, -0.2) is 4.90 Å². The number of hydrogen-bond donors (Lipinski definition) is 0. The second-order valence-electron chi connectivity index (χ2n) is 7.10. The first-order valence-corrected chi connectivity index (χ1v) is 8.60. The van der Waals surface area contributed by atoms with E-state index in [1.54, 1.807) is 0 Å². The van der Waals surface area contributed by atoms with Crippen LogP contribution in [0, 0.1) is 23.7 Å². The molecule has 0 radical (unpaired) electrons. The molecule has 1 aromatic carbocycles. The molecule has 4 atom stereocenters. The van der Waals surface area contributed by atoms with Gasteiger partial charge in [0, 0.05) is 11.8 Å². The Labute approximate surface area is 135 Å². The molecule has 0 spiro atoms. The molecule has 0 unspecified atom stereocenters. The molecule has 3 nitrogen and oxygen atoms in total. The molecule has 116 valence electrons. The lowest BCUT2D eigenvalue weighted by Gasteiger charge is -2.19. The van der Waals surface area contributed by atoms with Gasteiger partial charge in [-0.3, -0.25) is 9.59 Å². The highest BCUT2D eigenvalue weighted by Gasteiger charge is 2.62. The third-order valence-corrected chi connectivity index (χ3v) is 6.05. The highest BCUT2D eigenvalue weighted by atomic mass is 16.2. The average Bonchev–Trinajstić information content (AvgIpc) is 3.31. The smallest absolute Gasteiger partial charge is 0.238 e. The minimum absolute atomic E-state index is 0.000790. The van der Waals surface area contributed by atoms with Gasteiger partial charge in [0.2, 0.25) is 11.8 Å². The van der Waals surface area contributed by atoms with E-state index in [4.69, 9.17) is 0 Å². The van der Waals surface area contributed by atoms with Gasteiger partial charge in [0.05, 0.1) is 17.5 Å². The van der Waals surface area contributed by atoms with Crippen LogP contribution in [0.25, 0.3) is 0 Å². The first-order valence-electron chi connectivity index (χ1n) is 8.60. The van der Waals surface area contributed by atoms with Crippen LogP contribution < -0.4 is 4.90 Å². The van der Waals surface area contributed by atoms with Gasteiger partial charge in [-0.05, 0) is 37.8 Å². The van der Waals surface area contributed by atoms with E-state index >= 15 is 0 Å². The predicted octanol–water partition coefficient (Wildman–Crippen LogP) is 3.48. The molecule has 4 aliphatic rings. The van der Waals surface area contributed by atoms with E-state index in [2.05, 4.69) is 12.2 Å². The summed E-state index contributed by atoms with van der Waals surface area (Å²) in [5.74, 6) is 0.00595. The highest BCUT2D eigenvalue weighted by molar-refractivity contribution is 6.23. The third-order valence-electron chi connectivity index (χ3n) is 6.05. The number of hydrogen-bond acceptors (Lipinski definition) is 2. The van der Waals surface area contributed by atoms with Crippen LogP contribution >= 0.6 is 0 Å². The molecular weight excluding hydrogens is 286 g/mol. The molecule has 23 heavy (non-hydrogen) atoms. The van der Waals surface area contributed by atoms with Crippen molar-refractivity contribution in [1.82, 2.24) is 0 Å². The van der Waals surface area contributed by atoms with Gasteiger partial charge in [0.1, 0.15) is 0 Å². The first kappa shape index (κ1) is 13.3. The zero-order chi connectivity index (χ0) is 15.6. The molecule has 3 heteroatoms. The molecule has 2 bridgehead atoms. The topological polar surface area (TPSA) is 37.4 Å². The summed E-state index contributed by atoms with van der Waals surface area (Å²) in [5.41, 5.74) is 3.67. The van der Waals surface area contributed by atoms with Crippen molar-refractivity contribution in [3.63, 3.8) is 0 Å². The fraction of sp³-hybridized carbons (Fsp3) is 0.400. The van der Waals surface area contributed by atoms with Crippen LogP contribution in [0.1, 0.15) is 25.7 Å². The Morgan fingerprint density at radius 3 is 1.96 bits per heavy atom. The first-order chi connectivity index (χ1) is 11.3. The number of amides is 2. The number of anilines is 1. The van der Waals surface area contributed by atoms with E-state index in [0.29, 0.717) is 5.69 Å². The van der Waals surface area contributed by atoms with Crippen LogP contribution in [0.3, 0.4) is 0 Å². The van der Waals surface area contributed by atoms with Crippen LogP contribution in [0.4, 0.5) is 5.69 Å². The Bertz CT molecular complexity index is 719. The average molecular weight is 305 g/mol.